The van der Waals surface area contributed by atoms with Crippen molar-refractivity contribution in [3.05, 3.63) is 0 Å². The van der Waals surface area contributed by atoms with Crippen LogP contribution in [0.3, 0.4) is 0 Å². The van der Waals surface area contributed by atoms with E-state index in [2.05, 4.69) is 17.1 Å². The van der Waals surface area contributed by atoms with E-state index in [4.69, 9.17) is 0 Å². The number of piperidine rings is 1. The van der Waals surface area contributed by atoms with E-state index in [9.17, 15) is 0 Å². The summed E-state index contributed by atoms with van der Waals surface area (Å²) in [5, 5.41) is 3.87. The van der Waals surface area contributed by atoms with Crippen LogP contribution in [0.25, 0.3) is 0 Å². The van der Waals surface area contributed by atoms with Crippen LogP contribution in [-0.2, 0) is 0 Å². The molecular weight excluding hydrogens is 244 g/mol. The van der Waals surface area contributed by atoms with Crippen LogP contribution in [0.5, 0.6) is 0 Å². The van der Waals surface area contributed by atoms with Crippen LogP contribution in [-0.4, -0.2) is 36.6 Å². The number of likely N-dealkylation sites (tertiary alicyclic amines) is 1. The highest BCUT2D eigenvalue weighted by atomic mass is 15.2. The molecule has 0 aromatic rings. The van der Waals surface area contributed by atoms with Gasteiger partial charge in [-0.15, -0.1) is 0 Å². The van der Waals surface area contributed by atoms with Crippen molar-refractivity contribution in [2.24, 2.45) is 5.41 Å². The molecule has 2 heteroatoms. The molecular formula is C18H34N2. The van der Waals surface area contributed by atoms with Gasteiger partial charge in [0.2, 0.25) is 0 Å². The molecule has 2 saturated carbocycles. The fraction of sp³-hybridized carbons (Fsp3) is 1.00. The minimum Gasteiger partial charge on any atom is -0.313 e. The Morgan fingerprint density at radius 2 is 1.70 bits per heavy atom. The van der Waals surface area contributed by atoms with Crippen molar-refractivity contribution in [1.82, 2.24) is 10.2 Å². The summed E-state index contributed by atoms with van der Waals surface area (Å²) >= 11 is 0. The van der Waals surface area contributed by atoms with Gasteiger partial charge in [-0.25, -0.2) is 0 Å². The summed E-state index contributed by atoms with van der Waals surface area (Å²) < 4.78 is 0. The van der Waals surface area contributed by atoms with Gasteiger partial charge >= 0.3 is 0 Å². The lowest BCUT2D eigenvalue weighted by Crippen LogP contribution is -2.48. The van der Waals surface area contributed by atoms with Gasteiger partial charge in [-0.1, -0.05) is 32.1 Å². The van der Waals surface area contributed by atoms with Crippen LogP contribution >= 0.6 is 0 Å². The van der Waals surface area contributed by atoms with Gasteiger partial charge in [0, 0.05) is 25.2 Å². The molecule has 2 aliphatic carbocycles. The lowest BCUT2D eigenvalue weighted by Gasteiger charge is -2.42. The molecule has 0 radical (unpaired) electrons. The van der Waals surface area contributed by atoms with Gasteiger partial charge in [0.05, 0.1) is 0 Å². The predicted octanol–water partition coefficient (Wildman–Crippen LogP) is 3.95. The SMILES string of the molecule is CC1CCCCN1CC1(CNC2CC2)CCCCCC1. The molecule has 1 saturated heterocycles. The van der Waals surface area contributed by atoms with E-state index in [1.165, 1.54) is 90.3 Å². The molecule has 116 valence electrons. The summed E-state index contributed by atoms with van der Waals surface area (Å²) in [6.45, 7) is 6.47. The maximum Gasteiger partial charge on any atom is 0.00684 e. The molecule has 0 aromatic carbocycles. The van der Waals surface area contributed by atoms with E-state index >= 15 is 0 Å². The molecule has 1 unspecified atom stereocenters. The van der Waals surface area contributed by atoms with Gasteiger partial charge < -0.3 is 10.2 Å². The molecule has 1 heterocycles. The molecule has 20 heavy (non-hydrogen) atoms. The molecule has 3 rings (SSSR count). The summed E-state index contributed by atoms with van der Waals surface area (Å²) in [6, 6.07) is 1.69. The monoisotopic (exact) mass is 278 g/mol. The smallest absolute Gasteiger partial charge is 0.00684 e. The third-order valence-corrected chi connectivity index (χ3v) is 5.99. The molecule has 3 fully saturated rings. The average Bonchev–Trinajstić information content (AvgIpc) is 3.27. The fourth-order valence-corrected chi connectivity index (χ4v) is 4.34. The number of hydrogen-bond donors (Lipinski definition) is 1. The van der Waals surface area contributed by atoms with Gasteiger partial charge in [0.25, 0.3) is 0 Å². The van der Waals surface area contributed by atoms with E-state index in [0.29, 0.717) is 5.41 Å². The highest BCUT2D eigenvalue weighted by Crippen LogP contribution is 2.37. The topological polar surface area (TPSA) is 15.3 Å². The standard InChI is InChI=1S/C18H34N2/c1-16-8-4-7-13-20(16)15-18(14-19-17-9-10-17)11-5-2-3-6-12-18/h16-17,19H,2-15H2,1H3. The maximum atomic E-state index is 3.87. The molecule has 1 aliphatic heterocycles. The largest absolute Gasteiger partial charge is 0.313 e. The van der Waals surface area contributed by atoms with Crippen molar-refractivity contribution < 1.29 is 0 Å². The van der Waals surface area contributed by atoms with E-state index in [1.807, 2.05) is 0 Å². The van der Waals surface area contributed by atoms with Gasteiger partial charge in [0.15, 0.2) is 0 Å². The van der Waals surface area contributed by atoms with Gasteiger partial charge in [0.1, 0.15) is 0 Å². The van der Waals surface area contributed by atoms with Crippen molar-refractivity contribution in [2.45, 2.75) is 89.6 Å². The van der Waals surface area contributed by atoms with Gasteiger partial charge in [-0.2, -0.15) is 0 Å². The van der Waals surface area contributed by atoms with Crippen LogP contribution in [0.15, 0.2) is 0 Å². The molecule has 1 atom stereocenters. The van der Waals surface area contributed by atoms with Crippen LogP contribution in [0.4, 0.5) is 0 Å². The van der Waals surface area contributed by atoms with Crippen LogP contribution in [0.1, 0.15) is 77.6 Å². The second kappa shape index (κ2) is 6.79. The average molecular weight is 278 g/mol. The molecule has 0 spiro atoms. The Hall–Kier alpha value is -0.0800. The Kier molecular flexibility index (Phi) is 5.04. The van der Waals surface area contributed by atoms with Gasteiger partial charge in [-0.3, -0.25) is 0 Å². The van der Waals surface area contributed by atoms with E-state index < -0.39 is 0 Å². The molecule has 2 nitrogen and oxygen atoms in total. The molecule has 0 bridgehead atoms. The van der Waals surface area contributed by atoms with Crippen LogP contribution < -0.4 is 5.32 Å². The highest BCUT2D eigenvalue weighted by molar-refractivity contribution is 4.92. The van der Waals surface area contributed by atoms with Crippen molar-refractivity contribution in [3.8, 4) is 0 Å². The minimum absolute atomic E-state index is 0.588. The minimum atomic E-state index is 0.588. The third-order valence-electron chi connectivity index (χ3n) is 5.99. The van der Waals surface area contributed by atoms with Gasteiger partial charge in [-0.05, 0) is 57.4 Å². The van der Waals surface area contributed by atoms with Crippen LogP contribution in [0, 0.1) is 5.41 Å². The molecule has 1 N–H and O–H groups in total. The molecule has 0 aromatic heterocycles. The fourth-order valence-electron chi connectivity index (χ4n) is 4.34. The second-order valence-electron chi connectivity index (χ2n) is 7.88. The zero-order valence-corrected chi connectivity index (χ0v) is 13.5. The summed E-state index contributed by atoms with van der Waals surface area (Å²) in [5.74, 6) is 0. The predicted molar refractivity (Wildman–Crippen MR) is 86.0 cm³/mol. The highest BCUT2D eigenvalue weighted by Gasteiger charge is 2.36. The summed E-state index contributed by atoms with van der Waals surface area (Å²) in [5.41, 5.74) is 0.588. The maximum absolute atomic E-state index is 3.87. The molecule has 3 aliphatic rings. The first kappa shape index (κ1) is 14.8. The number of nitrogens with one attached hydrogen (secondary N) is 1. The Bertz CT molecular complexity index is 290. The second-order valence-corrected chi connectivity index (χ2v) is 7.88. The lowest BCUT2D eigenvalue weighted by molar-refractivity contribution is 0.0755. The van der Waals surface area contributed by atoms with Crippen molar-refractivity contribution in [1.29, 1.82) is 0 Å². The number of hydrogen-bond acceptors (Lipinski definition) is 2. The first-order valence-corrected chi connectivity index (χ1v) is 9.25. The Labute approximate surface area is 125 Å². The third kappa shape index (κ3) is 3.98. The number of nitrogens with zero attached hydrogens (tertiary/aromatic N) is 1. The van der Waals surface area contributed by atoms with Crippen molar-refractivity contribution >= 4 is 0 Å². The quantitative estimate of drug-likeness (QED) is 0.766. The van der Waals surface area contributed by atoms with E-state index in [1.54, 1.807) is 0 Å². The number of rotatable bonds is 5. The zero-order chi connectivity index (χ0) is 13.8. The Balaban J connectivity index is 1.62. The van der Waals surface area contributed by atoms with Crippen LogP contribution in [0.2, 0.25) is 0 Å². The molecule has 0 amide bonds. The normalized spacial score (nSPS) is 31.9. The summed E-state index contributed by atoms with van der Waals surface area (Å²) in [4.78, 5) is 2.82. The lowest BCUT2D eigenvalue weighted by atomic mass is 9.78. The zero-order valence-electron chi connectivity index (χ0n) is 13.5. The first-order chi connectivity index (χ1) is 9.77. The van der Waals surface area contributed by atoms with Crippen molar-refractivity contribution in [3.63, 3.8) is 0 Å². The first-order valence-electron chi connectivity index (χ1n) is 9.25. The Morgan fingerprint density at radius 3 is 2.35 bits per heavy atom. The Morgan fingerprint density at radius 1 is 0.950 bits per heavy atom. The summed E-state index contributed by atoms with van der Waals surface area (Å²) in [7, 11) is 0. The summed E-state index contributed by atoms with van der Waals surface area (Å²) in [6.07, 6.45) is 16.0. The van der Waals surface area contributed by atoms with Crippen molar-refractivity contribution in [2.75, 3.05) is 19.6 Å². The van der Waals surface area contributed by atoms with E-state index in [-0.39, 0.29) is 0 Å². The van der Waals surface area contributed by atoms with E-state index in [0.717, 1.165) is 12.1 Å².